The van der Waals surface area contributed by atoms with Gasteiger partial charge in [-0.15, -0.1) is 0 Å². The van der Waals surface area contributed by atoms with Gasteiger partial charge in [0.2, 0.25) is 11.9 Å². The Morgan fingerprint density at radius 3 is 2.84 bits per heavy atom. The van der Waals surface area contributed by atoms with Gasteiger partial charge in [-0.25, -0.2) is 9.97 Å². The van der Waals surface area contributed by atoms with Gasteiger partial charge in [-0.1, -0.05) is 35.9 Å². The molecular weight excluding hydrogens is 494 g/mol. The maximum Gasteiger partial charge on any atom is 0.254 e. The number of halogens is 1. The van der Waals surface area contributed by atoms with Gasteiger partial charge in [-0.2, -0.15) is 0 Å². The molecule has 1 aliphatic carbocycles. The minimum atomic E-state index is -0.290. The first-order valence-corrected chi connectivity index (χ1v) is 12.5. The van der Waals surface area contributed by atoms with Crippen LogP contribution in [0.3, 0.4) is 0 Å². The molecule has 192 valence electrons. The fourth-order valence-corrected chi connectivity index (χ4v) is 4.82. The maximum absolute atomic E-state index is 13.2. The average molecular weight is 522 g/mol. The van der Waals surface area contributed by atoms with E-state index in [1.54, 1.807) is 13.2 Å². The summed E-state index contributed by atoms with van der Waals surface area (Å²) < 4.78 is 5.26. The van der Waals surface area contributed by atoms with E-state index in [4.69, 9.17) is 16.3 Å². The molecule has 1 atom stereocenters. The number of hydrogen-bond acceptors (Lipinski definition) is 7. The minimum absolute atomic E-state index is 0.0489. The normalized spacial score (nSPS) is 19.1. The zero-order chi connectivity index (χ0) is 26.1. The van der Waals surface area contributed by atoms with E-state index in [0.29, 0.717) is 52.9 Å². The van der Waals surface area contributed by atoms with Crippen LogP contribution in [-0.4, -0.2) is 57.6 Å². The molecule has 1 aliphatic heterocycles. The largest absolute Gasteiger partial charge is 0.497 e. The molecular formula is C27H28ClN5O4. The van der Waals surface area contributed by atoms with E-state index in [2.05, 4.69) is 20.6 Å². The molecule has 37 heavy (non-hydrogen) atoms. The highest BCUT2D eigenvalue weighted by Gasteiger charge is 2.30. The van der Waals surface area contributed by atoms with Gasteiger partial charge in [0, 0.05) is 23.7 Å². The van der Waals surface area contributed by atoms with Gasteiger partial charge in [0.05, 0.1) is 36.2 Å². The number of methoxy groups -OCH3 is 1. The number of carbonyl (C=O) groups excluding carboxylic acids is 2. The molecule has 0 spiro atoms. The quantitative estimate of drug-likeness (QED) is 0.415. The van der Waals surface area contributed by atoms with Crippen molar-refractivity contribution < 1.29 is 19.4 Å². The van der Waals surface area contributed by atoms with E-state index in [-0.39, 0.29) is 36.5 Å². The number of aliphatic hydroxyl groups excluding tert-OH is 1. The van der Waals surface area contributed by atoms with Crippen LogP contribution < -0.4 is 15.4 Å². The molecule has 1 saturated carbocycles. The summed E-state index contributed by atoms with van der Waals surface area (Å²) in [5, 5.41) is 16.0. The molecule has 2 amide bonds. The molecule has 0 bridgehead atoms. The smallest absolute Gasteiger partial charge is 0.254 e. The number of aliphatic hydroxyl groups is 1. The first-order chi connectivity index (χ1) is 17.8. The summed E-state index contributed by atoms with van der Waals surface area (Å²) in [7, 11) is 1.60. The van der Waals surface area contributed by atoms with E-state index >= 15 is 0 Å². The van der Waals surface area contributed by atoms with Gasteiger partial charge in [-0.3, -0.25) is 9.59 Å². The van der Waals surface area contributed by atoms with Crippen LogP contribution in [0.5, 0.6) is 5.75 Å². The van der Waals surface area contributed by atoms with Gasteiger partial charge in [0.15, 0.2) is 0 Å². The molecule has 9 nitrogen and oxygen atoms in total. The third kappa shape index (κ3) is 5.38. The second kappa shape index (κ2) is 10.4. The highest BCUT2D eigenvalue weighted by molar-refractivity contribution is 6.33. The highest BCUT2D eigenvalue weighted by Crippen LogP contribution is 2.32. The predicted octanol–water partition coefficient (Wildman–Crippen LogP) is 3.57. The molecule has 2 aromatic carbocycles. The van der Waals surface area contributed by atoms with E-state index < -0.39 is 0 Å². The van der Waals surface area contributed by atoms with Gasteiger partial charge in [-0.05, 0) is 49.1 Å². The second-order valence-electron chi connectivity index (χ2n) is 9.46. The van der Waals surface area contributed by atoms with Crippen molar-refractivity contribution in [2.75, 3.05) is 19.0 Å². The zero-order valence-corrected chi connectivity index (χ0v) is 21.3. The Kier molecular flexibility index (Phi) is 6.99. The number of nitrogens with one attached hydrogen (secondary N) is 2. The van der Waals surface area contributed by atoms with Crippen molar-refractivity contribution in [2.45, 2.75) is 44.5 Å². The molecule has 1 aromatic heterocycles. The highest BCUT2D eigenvalue weighted by atomic mass is 35.5. The molecule has 2 heterocycles. The Hall–Kier alpha value is -3.69. The van der Waals surface area contributed by atoms with E-state index in [9.17, 15) is 14.7 Å². The Morgan fingerprint density at radius 2 is 2.08 bits per heavy atom. The van der Waals surface area contributed by atoms with Crippen LogP contribution in [0, 0.1) is 0 Å². The monoisotopic (exact) mass is 521 g/mol. The summed E-state index contributed by atoms with van der Waals surface area (Å²) in [6, 6.07) is 12.9. The molecule has 1 fully saturated rings. The topological polar surface area (TPSA) is 117 Å². The number of fused-ring (bicyclic) bond motifs is 1. The van der Waals surface area contributed by atoms with Crippen molar-refractivity contribution >= 4 is 29.4 Å². The van der Waals surface area contributed by atoms with Crippen molar-refractivity contribution in [1.82, 2.24) is 20.2 Å². The summed E-state index contributed by atoms with van der Waals surface area (Å²) in [6.07, 6.45) is 2.53. The minimum Gasteiger partial charge on any atom is -0.497 e. The average Bonchev–Trinajstić information content (AvgIpc) is 3.18. The molecule has 0 unspecified atom stereocenters. The lowest BCUT2D eigenvalue weighted by molar-refractivity contribution is -0.122. The molecule has 3 aromatic rings. The Morgan fingerprint density at radius 1 is 1.27 bits per heavy atom. The van der Waals surface area contributed by atoms with Gasteiger partial charge >= 0.3 is 0 Å². The molecule has 0 radical (unpaired) electrons. The molecule has 3 N–H and O–H groups in total. The number of benzene rings is 2. The van der Waals surface area contributed by atoms with E-state index in [0.717, 1.165) is 11.1 Å². The van der Waals surface area contributed by atoms with Crippen LogP contribution in [0.1, 0.15) is 47.3 Å². The second-order valence-corrected chi connectivity index (χ2v) is 9.86. The number of amides is 2. The summed E-state index contributed by atoms with van der Waals surface area (Å²) in [6.45, 7) is 2.19. The summed E-state index contributed by atoms with van der Waals surface area (Å²) in [5.41, 5.74) is 3.48. The van der Waals surface area contributed by atoms with Crippen molar-refractivity contribution in [1.29, 1.82) is 0 Å². The Bertz CT molecular complexity index is 1340. The predicted molar refractivity (Wildman–Crippen MR) is 139 cm³/mol. The van der Waals surface area contributed by atoms with Crippen LogP contribution in [0.15, 0.2) is 48.7 Å². The van der Waals surface area contributed by atoms with Gasteiger partial charge in [0.25, 0.3) is 5.91 Å². The summed E-state index contributed by atoms with van der Waals surface area (Å²) in [4.78, 5) is 36.2. The van der Waals surface area contributed by atoms with Crippen molar-refractivity contribution in [2.24, 2.45) is 0 Å². The van der Waals surface area contributed by atoms with Crippen LogP contribution in [0.4, 0.5) is 5.95 Å². The van der Waals surface area contributed by atoms with Gasteiger partial charge < -0.3 is 25.4 Å². The third-order valence-electron chi connectivity index (χ3n) is 6.76. The lowest BCUT2D eigenvalue weighted by Gasteiger charge is -2.31. The van der Waals surface area contributed by atoms with Crippen molar-refractivity contribution in [3.8, 4) is 17.0 Å². The molecule has 10 heteroatoms. The number of rotatable bonds is 8. The number of ether oxygens (including phenoxy) is 1. The van der Waals surface area contributed by atoms with E-state index in [1.165, 1.54) is 11.1 Å². The molecule has 2 aliphatic rings. The SMILES string of the molecule is COc1cccc([C@@H](C)NC(=O)CN2Cc3ccc(-c4nc(NC5CC(O)C5)ncc4Cl)cc3C2=O)c1. The van der Waals surface area contributed by atoms with E-state index in [1.807, 2.05) is 43.3 Å². The maximum atomic E-state index is 13.2. The lowest BCUT2D eigenvalue weighted by Crippen LogP contribution is -2.39. The fourth-order valence-electron chi connectivity index (χ4n) is 4.62. The number of anilines is 1. The fraction of sp³-hybridized carbons (Fsp3) is 0.333. The molecule has 0 saturated heterocycles. The standard InChI is InChI=1S/C27H28ClN5O4/c1-15(16-4-3-5-21(8-16)37-2)30-24(35)14-33-13-18-7-6-17(9-22(18)26(33)36)25-23(28)12-29-27(32-25)31-19-10-20(34)11-19/h3-9,12,15,19-20,34H,10-11,13-14H2,1-2H3,(H,30,35)(H,29,31,32)/t15-,19?,20?/m1/s1. The summed E-state index contributed by atoms with van der Waals surface area (Å²) in [5.74, 6) is 0.681. The molecule has 5 rings (SSSR count). The lowest BCUT2D eigenvalue weighted by atomic mass is 9.90. The summed E-state index contributed by atoms with van der Waals surface area (Å²) >= 11 is 6.39. The van der Waals surface area contributed by atoms with Crippen LogP contribution >= 0.6 is 11.6 Å². The Balaban J connectivity index is 1.26. The van der Waals surface area contributed by atoms with Crippen molar-refractivity contribution in [3.05, 3.63) is 70.4 Å². The number of hydrogen-bond donors (Lipinski definition) is 3. The first-order valence-electron chi connectivity index (χ1n) is 12.1. The van der Waals surface area contributed by atoms with Crippen molar-refractivity contribution in [3.63, 3.8) is 0 Å². The van der Waals surface area contributed by atoms with Gasteiger partial charge in [0.1, 0.15) is 12.3 Å². The van der Waals surface area contributed by atoms with Crippen LogP contribution in [0.25, 0.3) is 11.3 Å². The number of aromatic nitrogens is 2. The first kappa shape index (κ1) is 25.0. The third-order valence-corrected chi connectivity index (χ3v) is 7.04. The zero-order valence-electron chi connectivity index (χ0n) is 20.6. The van der Waals surface area contributed by atoms with Crippen LogP contribution in [-0.2, 0) is 11.3 Å². The number of carbonyl (C=O) groups is 2. The Labute approximate surface area is 219 Å². The number of nitrogens with zero attached hydrogens (tertiary/aromatic N) is 3. The van der Waals surface area contributed by atoms with Crippen LogP contribution in [0.2, 0.25) is 5.02 Å².